The van der Waals surface area contributed by atoms with Gasteiger partial charge in [-0.15, -0.1) is 0 Å². The van der Waals surface area contributed by atoms with E-state index in [4.69, 9.17) is 0 Å². The number of hydrogen-bond acceptors (Lipinski definition) is 3. The number of hydrogen-bond donors (Lipinski definition) is 0. The van der Waals surface area contributed by atoms with E-state index < -0.39 is 0 Å². The Balaban J connectivity index is 2.10. The van der Waals surface area contributed by atoms with Gasteiger partial charge in [-0.05, 0) is 13.8 Å². The molecule has 1 aliphatic heterocycles. The lowest BCUT2D eigenvalue weighted by Crippen LogP contribution is -2.35. The number of rotatable bonds is 1. The van der Waals surface area contributed by atoms with Crippen molar-refractivity contribution < 1.29 is 4.79 Å². The average molecular weight is 281 g/mol. The fourth-order valence-electron chi connectivity index (χ4n) is 2.76. The quantitative estimate of drug-likeness (QED) is 0.807. The molecule has 1 aromatic heterocycles. The summed E-state index contributed by atoms with van der Waals surface area (Å²) in [7, 11) is 0. The molecule has 1 aliphatic rings. The van der Waals surface area contributed by atoms with Crippen molar-refractivity contribution in [2.75, 3.05) is 6.54 Å². The van der Waals surface area contributed by atoms with Crippen molar-refractivity contribution in [3.05, 3.63) is 46.9 Å². The van der Waals surface area contributed by atoms with Gasteiger partial charge in [-0.1, -0.05) is 29.8 Å². The Labute approximate surface area is 124 Å². The maximum atomic E-state index is 11.7. The van der Waals surface area contributed by atoms with E-state index in [0.29, 0.717) is 6.54 Å². The maximum Gasteiger partial charge on any atom is 0.219 e. The Bertz CT molecular complexity index is 692. The number of fused-ring (bicyclic) bond motifs is 1. The van der Waals surface area contributed by atoms with E-state index in [2.05, 4.69) is 41.2 Å². The van der Waals surface area contributed by atoms with Crippen molar-refractivity contribution in [1.29, 1.82) is 0 Å². The Morgan fingerprint density at radius 3 is 2.52 bits per heavy atom. The summed E-state index contributed by atoms with van der Waals surface area (Å²) in [5.74, 6) is 0.900. The fraction of sp³-hybridized carbons (Fsp3) is 0.353. The van der Waals surface area contributed by atoms with Crippen LogP contribution in [0.25, 0.3) is 11.3 Å². The lowest BCUT2D eigenvalue weighted by atomic mass is 9.98. The van der Waals surface area contributed by atoms with Gasteiger partial charge in [-0.3, -0.25) is 4.79 Å². The molecule has 0 N–H and O–H groups in total. The number of nitrogens with zero attached hydrogens (tertiary/aromatic N) is 3. The number of carbonyl (C=O) groups is 1. The van der Waals surface area contributed by atoms with Gasteiger partial charge < -0.3 is 4.90 Å². The smallest absolute Gasteiger partial charge is 0.219 e. The summed E-state index contributed by atoms with van der Waals surface area (Å²) in [4.78, 5) is 22.7. The molecule has 0 saturated carbocycles. The van der Waals surface area contributed by atoms with E-state index in [9.17, 15) is 4.79 Å². The molecular formula is C17H19N3O. The van der Waals surface area contributed by atoms with Gasteiger partial charge in [0.1, 0.15) is 5.82 Å². The van der Waals surface area contributed by atoms with Crippen LogP contribution in [-0.2, 0) is 17.8 Å². The van der Waals surface area contributed by atoms with Crippen LogP contribution >= 0.6 is 0 Å². The number of carbonyl (C=O) groups excluding carboxylic acids is 1. The van der Waals surface area contributed by atoms with E-state index in [1.165, 1.54) is 5.56 Å². The van der Waals surface area contributed by atoms with Gasteiger partial charge >= 0.3 is 0 Å². The molecule has 0 bridgehead atoms. The van der Waals surface area contributed by atoms with Gasteiger partial charge in [0.05, 0.1) is 11.4 Å². The molecule has 4 nitrogen and oxygen atoms in total. The molecule has 0 saturated heterocycles. The molecular weight excluding hydrogens is 262 g/mol. The molecule has 2 aromatic rings. The summed E-state index contributed by atoms with van der Waals surface area (Å²) >= 11 is 0. The Morgan fingerprint density at radius 1 is 1.14 bits per heavy atom. The van der Waals surface area contributed by atoms with Crippen molar-refractivity contribution in [3.8, 4) is 11.3 Å². The highest BCUT2D eigenvalue weighted by molar-refractivity contribution is 5.74. The van der Waals surface area contributed by atoms with Gasteiger partial charge in [0.25, 0.3) is 0 Å². The van der Waals surface area contributed by atoms with Crippen LogP contribution in [0, 0.1) is 13.8 Å². The molecule has 108 valence electrons. The fourth-order valence-corrected chi connectivity index (χ4v) is 2.76. The monoisotopic (exact) mass is 281 g/mol. The summed E-state index contributed by atoms with van der Waals surface area (Å²) in [5.41, 5.74) is 5.45. The Hall–Kier alpha value is -2.23. The second kappa shape index (κ2) is 5.28. The SMILES string of the molecule is CC(=O)N1CCc2nc(C)nc(-c3ccc(C)cc3)c2C1. The minimum absolute atomic E-state index is 0.107. The first kappa shape index (κ1) is 13.7. The van der Waals surface area contributed by atoms with Crippen LogP contribution in [0.1, 0.15) is 29.6 Å². The number of aromatic nitrogens is 2. The minimum atomic E-state index is 0.107. The Kier molecular flexibility index (Phi) is 3.45. The van der Waals surface area contributed by atoms with E-state index >= 15 is 0 Å². The van der Waals surface area contributed by atoms with Crippen LogP contribution in [0.5, 0.6) is 0 Å². The summed E-state index contributed by atoms with van der Waals surface area (Å²) in [6, 6.07) is 8.35. The van der Waals surface area contributed by atoms with E-state index in [-0.39, 0.29) is 5.91 Å². The van der Waals surface area contributed by atoms with Gasteiger partial charge in [0.15, 0.2) is 0 Å². The third kappa shape index (κ3) is 2.66. The van der Waals surface area contributed by atoms with Crippen molar-refractivity contribution in [2.24, 2.45) is 0 Å². The molecule has 0 unspecified atom stereocenters. The summed E-state index contributed by atoms with van der Waals surface area (Å²) < 4.78 is 0. The number of aryl methyl sites for hydroxylation is 2. The topological polar surface area (TPSA) is 46.1 Å². The summed E-state index contributed by atoms with van der Waals surface area (Å²) in [6.45, 7) is 6.96. The zero-order valence-electron chi connectivity index (χ0n) is 12.7. The molecule has 0 aliphatic carbocycles. The van der Waals surface area contributed by atoms with Crippen LogP contribution in [0.3, 0.4) is 0 Å². The molecule has 3 rings (SSSR count). The standard InChI is InChI=1S/C17H19N3O/c1-11-4-6-14(7-5-11)17-15-10-20(13(3)21)9-8-16(15)18-12(2)19-17/h4-7H,8-10H2,1-3H3. The second-order valence-corrected chi connectivity index (χ2v) is 5.60. The first-order valence-electron chi connectivity index (χ1n) is 7.23. The first-order chi connectivity index (χ1) is 10.0. The highest BCUT2D eigenvalue weighted by Crippen LogP contribution is 2.28. The van der Waals surface area contributed by atoms with Crippen molar-refractivity contribution in [2.45, 2.75) is 33.7 Å². The molecule has 1 aromatic carbocycles. The summed E-state index contributed by atoms with van der Waals surface area (Å²) in [5, 5.41) is 0. The first-order valence-corrected chi connectivity index (χ1v) is 7.23. The predicted molar refractivity (Wildman–Crippen MR) is 81.7 cm³/mol. The second-order valence-electron chi connectivity index (χ2n) is 5.60. The number of amides is 1. The third-order valence-electron chi connectivity index (χ3n) is 3.94. The molecule has 0 spiro atoms. The lowest BCUT2D eigenvalue weighted by molar-refractivity contribution is -0.129. The predicted octanol–water partition coefficient (Wildman–Crippen LogP) is 2.67. The van der Waals surface area contributed by atoms with Gasteiger partial charge in [-0.25, -0.2) is 9.97 Å². The van der Waals surface area contributed by atoms with E-state index in [1.807, 2.05) is 11.8 Å². The van der Waals surface area contributed by atoms with Crippen LogP contribution in [0.15, 0.2) is 24.3 Å². The highest BCUT2D eigenvalue weighted by Gasteiger charge is 2.23. The lowest BCUT2D eigenvalue weighted by Gasteiger charge is -2.28. The van der Waals surface area contributed by atoms with Crippen molar-refractivity contribution in [3.63, 3.8) is 0 Å². The zero-order chi connectivity index (χ0) is 15.0. The van der Waals surface area contributed by atoms with Crippen LogP contribution in [0.4, 0.5) is 0 Å². The van der Waals surface area contributed by atoms with Crippen LogP contribution in [-0.4, -0.2) is 27.3 Å². The third-order valence-corrected chi connectivity index (χ3v) is 3.94. The molecule has 0 radical (unpaired) electrons. The largest absolute Gasteiger partial charge is 0.338 e. The van der Waals surface area contributed by atoms with Crippen molar-refractivity contribution in [1.82, 2.24) is 14.9 Å². The van der Waals surface area contributed by atoms with Gasteiger partial charge in [0.2, 0.25) is 5.91 Å². The maximum absolute atomic E-state index is 11.7. The van der Waals surface area contributed by atoms with Crippen molar-refractivity contribution >= 4 is 5.91 Å². The minimum Gasteiger partial charge on any atom is -0.338 e. The molecule has 0 fully saturated rings. The van der Waals surface area contributed by atoms with Gasteiger partial charge in [-0.2, -0.15) is 0 Å². The zero-order valence-corrected chi connectivity index (χ0v) is 12.7. The molecule has 0 atom stereocenters. The molecule has 2 heterocycles. The normalized spacial score (nSPS) is 14.0. The van der Waals surface area contributed by atoms with E-state index in [1.54, 1.807) is 6.92 Å². The molecule has 1 amide bonds. The Morgan fingerprint density at radius 2 is 1.86 bits per heavy atom. The van der Waals surface area contributed by atoms with Crippen LogP contribution < -0.4 is 0 Å². The summed E-state index contributed by atoms with van der Waals surface area (Å²) in [6.07, 6.45) is 0.803. The van der Waals surface area contributed by atoms with Gasteiger partial charge in [0, 0.05) is 37.6 Å². The number of benzene rings is 1. The average Bonchev–Trinajstić information content (AvgIpc) is 2.46. The molecule has 4 heteroatoms. The molecule has 21 heavy (non-hydrogen) atoms. The van der Waals surface area contributed by atoms with E-state index in [0.717, 1.165) is 41.3 Å². The highest BCUT2D eigenvalue weighted by atomic mass is 16.2. The van der Waals surface area contributed by atoms with Crippen LogP contribution in [0.2, 0.25) is 0 Å².